The van der Waals surface area contributed by atoms with Crippen molar-refractivity contribution in [2.75, 3.05) is 0 Å². The second-order valence-electron chi connectivity index (χ2n) is 4.43. The van der Waals surface area contributed by atoms with E-state index in [9.17, 15) is 0 Å². The largest absolute Gasteiger partial charge is 0.0654 e. The van der Waals surface area contributed by atoms with Crippen LogP contribution in [0.5, 0.6) is 0 Å². The number of aryl methyl sites for hydroxylation is 3. The highest BCUT2D eigenvalue weighted by atomic mass is 14.0. The normalized spacial score (nSPS) is 10.6. The van der Waals surface area contributed by atoms with Gasteiger partial charge in [0.25, 0.3) is 0 Å². The van der Waals surface area contributed by atoms with Crippen LogP contribution < -0.4 is 0 Å². The van der Waals surface area contributed by atoms with Gasteiger partial charge in [0.1, 0.15) is 0 Å². The molecule has 0 saturated heterocycles. The van der Waals surface area contributed by atoms with E-state index in [0.29, 0.717) is 0 Å². The van der Waals surface area contributed by atoms with Gasteiger partial charge in [-0.2, -0.15) is 0 Å². The molecule has 0 fully saturated rings. The smallest absolute Gasteiger partial charge is 0.0276 e. The van der Waals surface area contributed by atoms with E-state index in [2.05, 4.69) is 39.0 Å². The molecule has 0 aromatic heterocycles. The summed E-state index contributed by atoms with van der Waals surface area (Å²) in [5, 5.41) is 0. The summed E-state index contributed by atoms with van der Waals surface area (Å²) in [7, 11) is 0. The van der Waals surface area contributed by atoms with Crippen LogP contribution in [0.25, 0.3) is 0 Å². The third-order valence-electron chi connectivity index (χ3n) is 3.12. The number of hydrogen-bond donors (Lipinski definition) is 0. The SMILES string of the molecule is CCCCCCc1cc(CC)ccc1C. The van der Waals surface area contributed by atoms with Crippen LogP contribution in [-0.2, 0) is 12.8 Å². The Kier molecular flexibility index (Phi) is 5.45. The summed E-state index contributed by atoms with van der Waals surface area (Å²) in [5.74, 6) is 0. The van der Waals surface area contributed by atoms with Gasteiger partial charge in [0.15, 0.2) is 0 Å². The maximum atomic E-state index is 2.39. The molecule has 0 heterocycles. The molecule has 0 saturated carbocycles. The van der Waals surface area contributed by atoms with E-state index in [1.54, 1.807) is 5.56 Å². The summed E-state index contributed by atoms with van der Waals surface area (Å²) in [6.45, 7) is 6.73. The third kappa shape index (κ3) is 4.07. The quantitative estimate of drug-likeness (QED) is 0.590. The van der Waals surface area contributed by atoms with E-state index in [0.717, 1.165) is 6.42 Å². The lowest BCUT2D eigenvalue weighted by atomic mass is 9.98. The van der Waals surface area contributed by atoms with E-state index < -0.39 is 0 Å². The summed E-state index contributed by atoms with van der Waals surface area (Å²) in [6.07, 6.45) is 7.86. The Labute approximate surface area is 94.7 Å². The maximum Gasteiger partial charge on any atom is -0.0276 e. The van der Waals surface area contributed by atoms with E-state index in [-0.39, 0.29) is 0 Å². The van der Waals surface area contributed by atoms with Crippen molar-refractivity contribution in [1.82, 2.24) is 0 Å². The molecule has 0 radical (unpaired) electrons. The Balaban J connectivity index is 2.51. The van der Waals surface area contributed by atoms with Crippen molar-refractivity contribution in [3.8, 4) is 0 Å². The van der Waals surface area contributed by atoms with Crippen molar-refractivity contribution in [2.24, 2.45) is 0 Å². The monoisotopic (exact) mass is 204 g/mol. The molecule has 0 spiro atoms. The van der Waals surface area contributed by atoms with Gasteiger partial charge < -0.3 is 0 Å². The lowest BCUT2D eigenvalue weighted by Crippen LogP contribution is -1.92. The van der Waals surface area contributed by atoms with Crippen LogP contribution in [0, 0.1) is 6.92 Å². The highest BCUT2D eigenvalue weighted by Gasteiger charge is 1.99. The van der Waals surface area contributed by atoms with Crippen molar-refractivity contribution in [3.05, 3.63) is 34.9 Å². The standard InChI is InChI=1S/C15H24/c1-4-6-7-8-9-15-12-14(5-2)11-10-13(15)3/h10-12H,4-9H2,1-3H3. The fourth-order valence-corrected chi connectivity index (χ4v) is 1.96. The van der Waals surface area contributed by atoms with Gasteiger partial charge >= 0.3 is 0 Å². The molecule has 0 aliphatic rings. The average molecular weight is 204 g/mol. The van der Waals surface area contributed by atoms with E-state index >= 15 is 0 Å². The Morgan fingerprint density at radius 1 is 1.00 bits per heavy atom. The predicted molar refractivity (Wildman–Crippen MR) is 68.4 cm³/mol. The van der Waals surface area contributed by atoms with Gasteiger partial charge in [0.2, 0.25) is 0 Å². The van der Waals surface area contributed by atoms with Crippen LogP contribution in [0.2, 0.25) is 0 Å². The van der Waals surface area contributed by atoms with Crippen LogP contribution >= 0.6 is 0 Å². The molecule has 1 aromatic rings. The van der Waals surface area contributed by atoms with Crippen molar-refractivity contribution >= 4 is 0 Å². The lowest BCUT2D eigenvalue weighted by Gasteiger charge is -2.07. The molecule has 84 valence electrons. The van der Waals surface area contributed by atoms with Gasteiger partial charge in [0, 0.05) is 0 Å². The number of rotatable bonds is 6. The van der Waals surface area contributed by atoms with E-state index in [4.69, 9.17) is 0 Å². The second kappa shape index (κ2) is 6.66. The minimum absolute atomic E-state index is 1.16. The second-order valence-corrected chi connectivity index (χ2v) is 4.43. The minimum atomic E-state index is 1.16. The zero-order valence-corrected chi connectivity index (χ0v) is 10.5. The molecule has 0 N–H and O–H groups in total. The maximum absolute atomic E-state index is 2.39. The summed E-state index contributed by atoms with van der Waals surface area (Å²) >= 11 is 0. The summed E-state index contributed by atoms with van der Waals surface area (Å²) in [5.41, 5.74) is 4.50. The van der Waals surface area contributed by atoms with Crippen LogP contribution in [0.3, 0.4) is 0 Å². The molecule has 0 nitrogen and oxygen atoms in total. The van der Waals surface area contributed by atoms with Crippen LogP contribution in [-0.4, -0.2) is 0 Å². The van der Waals surface area contributed by atoms with Crippen molar-refractivity contribution in [1.29, 1.82) is 0 Å². The van der Waals surface area contributed by atoms with Gasteiger partial charge in [-0.25, -0.2) is 0 Å². The molecule has 0 heteroatoms. The molecule has 0 atom stereocenters. The molecule has 1 rings (SSSR count). The van der Waals surface area contributed by atoms with Crippen molar-refractivity contribution in [2.45, 2.75) is 59.3 Å². The number of benzene rings is 1. The van der Waals surface area contributed by atoms with E-state index in [1.165, 1.54) is 43.2 Å². The van der Waals surface area contributed by atoms with Gasteiger partial charge in [-0.3, -0.25) is 0 Å². The zero-order valence-electron chi connectivity index (χ0n) is 10.5. The van der Waals surface area contributed by atoms with Crippen molar-refractivity contribution in [3.63, 3.8) is 0 Å². The molecule has 15 heavy (non-hydrogen) atoms. The highest BCUT2D eigenvalue weighted by molar-refractivity contribution is 5.31. The van der Waals surface area contributed by atoms with Gasteiger partial charge in [0.05, 0.1) is 0 Å². The lowest BCUT2D eigenvalue weighted by molar-refractivity contribution is 0.665. The first-order valence-electron chi connectivity index (χ1n) is 6.36. The fourth-order valence-electron chi connectivity index (χ4n) is 1.96. The topological polar surface area (TPSA) is 0 Å². The van der Waals surface area contributed by atoms with Crippen LogP contribution in [0.1, 0.15) is 56.2 Å². The first-order chi connectivity index (χ1) is 7.27. The average Bonchev–Trinajstić information content (AvgIpc) is 2.26. The summed E-state index contributed by atoms with van der Waals surface area (Å²) in [6, 6.07) is 6.92. The number of unbranched alkanes of at least 4 members (excludes halogenated alkanes) is 3. The summed E-state index contributed by atoms with van der Waals surface area (Å²) < 4.78 is 0. The van der Waals surface area contributed by atoms with Gasteiger partial charge in [-0.15, -0.1) is 0 Å². The fraction of sp³-hybridized carbons (Fsp3) is 0.600. The Morgan fingerprint density at radius 2 is 1.80 bits per heavy atom. The predicted octanol–water partition coefficient (Wildman–Crippen LogP) is 4.68. The first-order valence-corrected chi connectivity index (χ1v) is 6.36. The third-order valence-corrected chi connectivity index (χ3v) is 3.12. The Bertz CT molecular complexity index is 286. The zero-order chi connectivity index (χ0) is 11.1. The molecule has 0 amide bonds. The molecule has 0 aliphatic heterocycles. The molecular weight excluding hydrogens is 180 g/mol. The highest BCUT2D eigenvalue weighted by Crippen LogP contribution is 2.15. The Hall–Kier alpha value is -0.780. The molecule has 1 aromatic carbocycles. The summed E-state index contributed by atoms with van der Waals surface area (Å²) in [4.78, 5) is 0. The Morgan fingerprint density at radius 3 is 2.47 bits per heavy atom. The van der Waals surface area contributed by atoms with Crippen LogP contribution in [0.4, 0.5) is 0 Å². The first kappa shape index (κ1) is 12.3. The van der Waals surface area contributed by atoms with Gasteiger partial charge in [-0.1, -0.05) is 51.3 Å². The number of hydrogen-bond acceptors (Lipinski definition) is 0. The molecule has 0 unspecified atom stereocenters. The molecule has 0 aliphatic carbocycles. The minimum Gasteiger partial charge on any atom is -0.0654 e. The molecular formula is C15H24. The van der Waals surface area contributed by atoms with Crippen LogP contribution in [0.15, 0.2) is 18.2 Å². The van der Waals surface area contributed by atoms with Crippen molar-refractivity contribution < 1.29 is 0 Å². The van der Waals surface area contributed by atoms with Gasteiger partial charge in [-0.05, 0) is 42.9 Å². The van der Waals surface area contributed by atoms with E-state index in [1.807, 2.05) is 0 Å². The molecule has 0 bridgehead atoms.